The van der Waals surface area contributed by atoms with Crippen LogP contribution in [0.25, 0.3) is 0 Å². The molecule has 0 aromatic heterocycles. The van der Waals surface area contributed by atoms with E-state index < -0.39 is 6.09 Å². The summed E-state index contributed by atoms with van der Waals surface area (Å²) < 4.78 is 11.4. The molecule has 1 N–H and O–H groups in total. The van der Waals surface area contributed by atoms with Crippen molar-refractivity contribution in [3.63, 3.8) is 0 Å². The highest BCUT2D eigenvalue weighted by molar-refractivity contribution is 5.65. The van der Waals surface area contributed by atoms with Crippen LogP contribution in [0.1, 0.15) is 17.2 Å². The van der Waals surface area contributed by atoms with Gasteiger partial charge in [-0.15, -0.1) is 0 Å². The minimum atomic E-state index is -0.902. The van der Waals surface area contributed by atoms with E-state index in [1.807, 2.05) is 54.6 Å². The lowest BCUT2D eigenvalue weighted by atomic mass is 10.1. The van der Waals surface area contributed by atoms with Crippen molar-refractivity contribution in [2.24, 2.45) is 0 Å². The Hall–Kier alpha value is -2.53. The molecule has 1 fully saturated rings. The summed E-state index contributed by atoms with van der Waals surface area (Å²) in [6.07, 6.45) is -1.12. The van der Waals surface area contributed by atoms with Gasteiger partial charge in [0.2, 0.25) is 0 Å². The minimum Gasteiger partial charge on any atom is -0.489 e. The number of hydrogen-bond acceptors (Lipinski definition) is 3. The van der Waals surface area contributed by atoms with Gasteiger partial charge in [-0.25, -0.2) is 4.79 Å². The minimum absolute atomic E-state index is 0.219. The molecule has 0 bridgehead atoms. The highest BCUT2D eigenvalue weighted by atomic mass is 16.5. The van der Waals surface area contributed by atoms with Gasteiger partial charge in [0.25, 0.3) is 0 Å². The van der Waals surface area contributed by atoms with Crippen LogP contribution in [0, 0.1) is 0 Å². The maximum Gasteiger partial charge on any atom is 0.407 e. The monoisotopic (exact) mass is 313 g/mol. The van der Waals surface area contributed by atoms with Crippen LogP contribution in [0.4, 0.5) is 4.79 Å². The molecule has 0 aliphatic carbocycles. The average molecular weight is 313 g/mol. The van der Waals surface area contributed by atoms with Crippen LogP contribution in [-0.2, 0) is 11.3 Å². The molecular formula is C18H19NO4. The summed E-state index contributed by atoms with van der Waals surface area (Å²) in [5.41, 5.74) is 2.08. The average Bonchev–Trinajstić information content (AvgIpc) is 2.61. The largest absolute Gasteiger partial charge is 0.489 e. The number of carbonyl (C=O) groups is 1. The van der Waals surface area contributed by atoms with Crippen LogP contribution in [0.2, 0.25) is 0 Å². The van der Waals surface area contributed by atoms with Gasteiger partial charge in [-0.3, -0.25) is 0 Å². The molecule has 2 aromatic rings. The van der Waals surface area contributed by atoms with Gasteiger partial charge in [-0.05, 0) is 23.3 Å². The molecule has 0 unspecified atom stereocenters. The Morgan fingerprint density at radius 1 is 1.17 bits per heavy atom. The van der Waals surface area contributed by atoms with Crippen LogP contribution in [-0.4, -0.2) is 35.8 Å². The second kappa shape index (κ2) is 7.15. The Morgan fingerprint density at radius 3 is 2.61 bits per heavy atom. The Labute approximate surface area is 135 Å². The standard InChI is InChI=1S/C18H19NO4/c20-18(21)19-10-11-22-17(12-19)15-6-8-16(9-7-15)23-13-14-4-2-1-3-5-14/h1-9,17H,10-13H2,(H,20,21)/t17-/m1/s1. The number of amides is 1. The first-order valence-electron chi connectivity index (χ1n) is 7.58. The van der Waals surface area contributed by atoms with Crippen molar-refractivity contribution < 1.29 is 19.4 Å². The Balaban J connectivity index is 1.59. The van der Waals surface area contributed by atoms with Crippen LogP contribution >= 0.6 is 0 Å². The molecule has 1 aliphatic heterocycles. The lowest BCUT2D eigenvalue weighted by Gasteiger charge is -2.31. The highest BCUT2D eigenvalue weighted by Gasteiger charge is 2.24. The number of ether oxygens (including phenoxy) is 2. The van der Waals surface area contributed by atoms with Crippen molar-refractivity contribution in [1.82, 2.24) is 4.90 Å². The van der Waals surface area contributed by atoms with E-state index >= 15 is 0 Å². The number of rotatable bonds is 4. The Bertz CT molecular complexity index is 642. The predicted octanol–water partition coefficient (Wildman–Crippen LogP) is 3.32. The zero-order valence-electron chi connectivity index (χ0n) is 12.7. The summed E-state index contributed by atoms with van der Waals surface area (Å²) in [4.78, 5) is 12.4. The molecule has 23 heavy (non-hydrogen) atoms. The van der Waals surface area contributed by atoms with Crippen LogP contribution < -0.4 is 4.74 Å². The second-order valence-electron chi connectivity index (χ2n) is 5.43. The molecule has 0 radical (unpaired) electrons. The molecule has 5 heteroatoms. The molecule has 1 atom stereocenters. The van der Waals surface area contributed by atoms with Gasteiger partial charge in [-0.1, -0.05) is 42.5 Å². The smallest absolute Gasteiger partial charge is 0.407 e. The molecule has 3 rings (SSSR count). The zero-order valence-corrected chi connectivity index (χ0v) is 12.7. The fourth-order valence-electron chi connectivity index (χ4n) is 2.54. The molecule has 1 aliphatic rings. The van der Waals surface area contributed by atoms with Crippen molar-refractivity contribution in [3.05, 3.63) is 65.7 Å². The van der Waals surface area contributed by atoms with E-state index in [-0.39, 0.29) is 6.10 Å². The molecule has 2 aromatic carbocycles. The number of carboxylic acid groups (broad SMARTS) is 1. The van der Waals surface area contributed by atoms with E-state index in [1.165, 1.54) is 4.90 Å². The number of benzene rings is 2. The van der Waals surface area contributed by atoms with Crippen LogP contribution in [0.15, 0.2) is 54.6 Å². The fourth-order valence-corrected chi connectivity index (χ4v) is 2.54. The van der Waals surface area contributed by atoms with Gasteiger partial charge in [0.1, 0.15) is 18.5 Å². The third kappa shape index (κ3) is 4.02. The Kier molecular flexibility index (Phi) is 4.78. The molecule has 5 nitrogen and oxygen atoms in total. The third-order valence-corrected chi connectivity index (χ3v) is 3.84. The van der Waals surface area contributed by atoms with Gasteiger partial charge in [0.15, 0.2) is 0 Å². The summed E-state index contributed by atoms with van der Waals surface area (Å²) in [5.74, 6) is 0.781. The van der Waals surface area contributed by atoms with Gasteiger partial charge in [-0.2, -0.15) is 0 Å². The van der Waals surface area contributed by atoms with E-state index in [9.17, 15) is 4.79 Å². The number of hydrogen-bond donors (Lipinski definition) is 1. The topological polar surface area (TPSA) is 59.0 Å². The van der Waals surface area contributed by atoms with E-state index in [1.54, 1.807) is 0 Å². The molecular weight excluding hydrogens is 294 g/mol. The molecule has 1 amide bonds. The normalized spacial score (nSPS) is 17.7. The third-order valence-electron chi connectivity index (χ3n) is 3.84. The lowest BCUT2D eigenvalue weighted by molar-refractivity contribution is -0.0232. The number of morpholine rings is 1. The fraction of sp³-hybridized carbons (Fsp3) is 0.278. The maximum absolute atomic E-state index is 11.1. The van der Waals surface area contributed by atoms with Crippen LogP contribution in [0.5, 0.6) is 5.75 Å². The van der Waals surface area contributed by atoms with Crippen molar-refractivity contribution in [3.8, 4) is 5.75 Å². The van der Waals surface area contributed by atoms with Gasteiger partial charge in [0, 0.05) is 6.54 Å². The Morgan fingerprint density at radius 2 is 1.91 bits per heavy atom. The summed E-state index contributed by atoms with van der Waals surface area (Å²) in [6, 6.07) is 17.6. The van der Waals surface area contributed by atoms with E-state index in [4.69, 9.17) is 14.6 Å². The summed E-state index contributed by atoms with van der Waals surface area (Å²) >= 11 is 0. The first-order chi connectivity index (χ1) is 11.2. The van der Waals surface area contributed by atoms with Crippen molar-refractivity contribution in [2.45, 2.75) is 12.7 Å². The van der Waals surface area contributed by atoms with Gasteiger partial charge < -0.3 is 19.5 Å². The van der Waals surface area contributed by atoms with E-state index in [0.29, 0.717) is 26.3 Å². The molecule has 0 spiro atoms. The number of nitrogens with zero attached hydrogens (tertiary/aromatic N) is 1. The van der Waals surface area contributed by atoms with Crippen LogP contribution in [0.3, 0.4) is 0 Å². The van der Waals surface area contributed by atoms with Crippen molar-refractivity contribution in [2.75, 3.05) is 19.7 Å². The summed E-state index contributed by atoms with van der Waals surface area (Å²) in [7, 11) is 0. The first-order valence-corrected chi connectivity index (χ1v) is 7.58. The van der Waals surface area contributed by atoms with E-state index in [2.05, 4.69) is 0 Å². The maximum atomic E-state index is 11.1. The molecule has 120 valence electrons. The SMILES string of the molecule is O=C(O)N1CCO[C@@H](c2ccc(OCc3ccccc3)cc2)C1. The lowest BCUT2D eigenvalue weighted by Crippen LogP contribution is -2.41. The molecule has 1 heterocycles. The van der Waals surface area contributed by atoms with Crippen molar-refractivity contribution >= 4 is 6.09 Å². The predicted molar refractivity (Wildman–Crippen MR) is 85.5 cm³/mol. The zero-order chi connectivity index (χ0) is 16.1. The molecule has 0 saturated carbocycles. The van der Waals surface area contributed by atoms with Crippen molar-refractivity contribution in [1.29, 1.82) is 0 Å². The van der Waals surface area contributed by atoms with Gasteiger partial charge in [0.05, 0.1) is 13.2 Å². The molecule has 1 saturated heterocycles. The second-order valence-corrected chi connectivity index (χ2v) is 5.43. The quantitative estimate of drug-likeness (QED) is 0.940. The highest BCUT2D eigenvalue weighted by Crippen LogP contribution is 2.24. The van der Waals surface area contributed by atoms with Gasteiger partial charge >= 0.3 is 6.09 Å². The first kappa shape index (κ1) is 15.4. The summed E-state index contributed by atoms with van der Waals surface area (Å²) in [5, 5.41) is 9.08. The summed E-state index contributed by atoms with van der Waals surface area (Å²) in [6.45, 7) is 1.72. The van der Waals surface area contributed by atoms with E-state index in [0.717, 1.165) is 16.9 Å².